The van der Waals surface area contributed by atoms with Crippen LogP contribution in [0.25, 0.3) is 0 Å². The third-order valence-electron chi connectivity index (χ3n) is 2.21. The largest absolute Gasteiger partial charge is 0.462 e. The van der Waals surface area contributed by atoms with Crippen LogP contribution in [-0.2, 0) is 5.11 Å². The Kier molecular flexibility index (Phi) is 3.88. The number of rotatable bonds is 3. The number of hydrogen-bond donors (Lipinski definition) is 0. The molecule has 1 aromatic carbocycles. The zero-order chi connectivity index (χ0) is 15.8. The number of nitrogens with zero attached hydrogens (tertiary/aromatic N) is 1. The lowest BCUT2D eigenvalue weighted by atomic mass is 10.2. The zero-order valence-corrected chi connectivity index (χ0v) is 9.30. The summed E-state index contributed by atoms with van der Waals surface area (Å²) in [6, 6.07) is -1.64. The van der Waals surface area contributed by atoms with Crippen molar-refractivity contribution >= 4 is 11.8 Å². The molecule has 0 fully saturated rings. The molecule has 0 atom stereocenters. The second-order valence-electron chi connectivity index (χ2n) is 3.55. The predicted molar refractivity (Wildman–Crippen MR) is 51.0 cm³/mol. The van der Waals surface area contributed by atoms with Gasteiger partial charge in [0.25, 0.3) is 0 Å². The van der Waals surface area contributed by atoms with Gasteiger partial charge in [-0.1, -0.05) is 18.2 Å². The first kappa shape index (κ1) is 16.1. The summed E-state index contributed by atoms with van der Waals surface area (Å²) < 4.78 is 88.3. The molecule has 0 saturated heterocycles. The Hall–Kier alpha value is -2.00. The second kappa shape index (κ2) is 4.84. The van der Waals surface area contributed by atoms with E-state index in [1.54, 1.807) is 0 Å². The van der Waals surface area contributed by atoms with Crippen LogP contribution in [0.3, 0.4) is 0 Å². The van der Waals surface area contributed by atoms with Crippen LogP contribution in [0, 0.1) is 0 Å². The Labute approximate surface area is 107 Å². The van der Waals surface area contributed by atoms with E-state index in [1.807, 2.05) is 0 Å². The van der Waals surface area contributed by atoms with E-state index in [-0.39, 0.29) is 0 Å². The van der Waals surface area contributed by atoms with Gasteiger partial charge >= 0.3 is 24.2 Å². The van der Waals surface area contributed by atoms with E-state index in [9.17, 15) is 40.6 Å². The van der Waals surface area contributed by atoms with Gasteiger partial charge in [-0.05, 0) is 12.1 Å². The molecule has 0 saturated carbocycles. The smallest absolute Gasteiger partial charge is 0.220 e. The maximum Gasteiger partial charge on any atom is 0.462 e. The number of amides is 1. The van der Waals surface area contributed by atoms with E-state index < -0.39 is 34.8 Å². The van der Waals surface area contributed by atoms with Crippen molar-refractivity contribution in [3.63, 3.8) is 0 Å². The highest BCUT2D eigenvalue weighted by molar-refractivity contribution is 5.87. The maximum absolute atomic E-state index is 13.3. The van der Waals surface area contributed by atoms with Gasteiger partial charge in [0.2, 0.25) is 0 Å². The van der Waals surface area contributed by atoms with Gasteiger partial charge in [-0.2, -0.15) is 30.7 Å². The number of benzene rings is 1. The Morgan fingerprint density at radius 1 is 0.900 bits per heavy atom. The summed E-state index contributed by atoms with van der Waals surface area (Å²) >= 11 is 0. The molecule has 20 heavy (non-hydrogen) atoms. The van der Waals surface area contributed by atoms with Crippen LogP contribution in [-0.4, -0.2) is 24.2 Å². The molecular formula is C10H5F7NO2. The van der Waals surface area contributed by atoms with Crippen molar-refractivity contribution in [3.05, 3.63) is 30.3 Å². The van der Waals surface area contributed by atoms with E-state index in [1.165, 1.54) is 6.07 Å². The minimum absolute atomic E-state index is 0.621. The normalized spacial score (nSPS) is 13.2. The van der Waals surface area contributed by atoms with Gasteiger partial charge in [-0.25, -0.2) is 14.8 Å². The average Bonchev–Trinajstić information content (AvgIpc) is 2.27. The predicted octanol–water partition coefficient (Wildman–Crippen LogP) is 3.83. The lowest BCUT2D eigenvalue weighted by Gasteiger charge is -2.34. The highest BCUT2D eigenvalue weighted by Crippen LogP contribution is 2.49. The van der Waals surface area contributed by atoms with Crippen molar-refractivity contribution in [3.8, 4) is 0 Å². The number of carbonyl (C=O) groups is 1. The molecule has 1 radical (unpaired) electrons. The fourth-order valence-electron chi connectivity index (χ4n) is 1.27. The average molecular weight is 304 g/mol. The maximum atomic E-state index is 13.3. The highest BCUT2D eigenvalue weighted by Gasteiger charge is 2.76. The van der Waals surface area contributed by atoms with Gasteiger partial charge in [0, 0.05) is 0 Å². The molecule has 0 bridgehead atoms. The molecule has 0 aliphatic carbocycles. The number of alkyl halides is 7. The fraction of sp³-hybridized carbons (Fsp3) is 0.300. The standard InChI is InChI=1S/C10H5F7NO2/c11-8(12,9(13,14)15)10(16,17)18(7(19)20)6-4-2-1-3-5-6/h1-5H. The number of hydrogen-bond acceptors (Lipinski definition) is 1. The van der Waals surface area contributed by atoms with Gasteiger partial charge in [0.15, 0.2) is 0 Å². The number of carbonyl (C=O) groups excluding carboxylic acids is 1. The summed E-state index contributed by atoms with van der Waals surface area (Å²) in [6.45, 7) is 0. The monoisotopic (exact) mass is 304 g/mol. The van der Waals surface area contributed by atoms with E-state index in [0.717, 1.165) is 12.1 Å². The van der Waals surface area contributed by atoms with Crippen molar-refractivity contribution in [1.29, 1.82) is 0 Å². The third kappa shape index (κ3) is 2.49. The molecule has 0 unspecified atom stereocenters. The minimum atomic E-state index is -6.64. The molecule has 111 valence electrons. The summed E-state index contributed by atoms with van der Waals surface area (Å²) in [5.41, 5.74) is -1.08. The molecule has 0 aliphatic heterocycles. The van der Waals surface area contributed by atoms with Crippen LogP contribution in [0.5, 0.6) is 0 Å². The lowest BCUT2D eigenvalue weighted by molar-refractivity contribution is -0.352. The summed E-state index contributed by atoms with van der Waals surface area (Å²) in [6.07, 6.45) is -9.54. The third-order valence-corrected chi connectivity index (χ3v) is 2.21. The summed E-state index contributed by atoms with van der Waals surface area (Å²) in [4.78, 5) is 9.12. The van der Waals surface area contributed by atoms with E-state index in [4.69, 9.17) is 0 Å². The van der Waals surface area contributed by atoms with Crippen LogP contribution >= 0.6 is 0 Å². The van der Waals surface area contributed by atoms with Crippen LogP contribution in [0.1, 0.15) is 0 Å². The molecule has 1 aromatic rings. The molecular weight excluding hydrogens is 299 g/mol. The minimum Gasteiger partial charge on any atom is -0.220 e. The van der Waals surface area contributed by atoms with Gasteiger partial charge in [-0.15, -0.1) is 0 Å². The zero-order valence-electron chi connectivity index (χ0n) is 9.30. The Balaban J connectivity index is 3.38. The molecule has 0 heterocycles. The highest BCUT2D eigenvalue weighted by atomic mass is 19.4. The molecule has 0 N–H and O–H groups in total. The van der Waals surface area contributed by atoms with Gasteiger partial charge in [0.05, 0.1) is 5.69 Å². The molecule has 0 spiro atoms. The van der Waals surface area contributed by atoms with E-state index in [0.29, 0.717) is 12.1 Å². The topological polar surface area (TPSA) is 40.2 Å². The van der Waals surface area contributed by atoms with E-state index >= 15 is 0 Å². The Morgan fingerprint density at radius 3 is 1.70 bits per heavy atom. The van der Waals surface area contributed by atoms with Crippen LogP contribution in [0.2, 0.25) is 0 Å². The molecule has 1 rings (SSSR count). The molecule has 0 aliphatic rings. The van der Waals surface area contributed by atoms with E-state index in [2.05, 4.69) is 0 Å². The first-order chi connectivity index (χ1) is 8.93. The number of anilines is 1. The van der Waals surface area contributed by atoms with Crippen molar-refractivity contribution in [2.75, 3.05) is 4.90 Å². The second-order valence-corrected chi connectivity index (χ2v) is 3.55. The van der Waals surface area contributed by atoms with Crippen molar-refractivity contribution in [2.24, 2.45) is 0 Å². The van der Waals surface area contributed by atoms with Crippen LogP contribution in [0.4, 0.5) is 41.2 Å². The molecule has 0 aromatic heterocycles. The Bertz CT molecular complexity index is 486. The van der Waals surface area contributed by atoms with Gasteiger partial charge in [-0.3, -0.25) is 0 Å². The quantitative estimate of drug-likeness (QED) is 0.618. The first-order valence-electron chi connectivity index (χ1n) is 4.81. The van der Waals surface area contributed by atoms with Crippen molar-refractivity contribution in [2.45, 2.75) is 18.1 Å². The molecule has 10 heteroatoms. The molecule has 3 nitrogen and oxygen atoms in total. The van der Waals surface area contributed by atoms with Crippen molar-refractivity contribution in [1.82, 2.24) is 0 Å². The van der Waals surface area contributed by atoms with Crippen LogP contribution < -0.4 is 4.90 Å². The molecule has 1 amide bonds. The van der Waals surface area contributed by atoms with Crippen LogP contribution in [0.15, 0.2) is 30.3 Å². The van der Waals surface area contributed by atoms with Crippen molar-refractivity contribution < 1.29 is 40.6 Å². The first-order valence-corrected chi connectivity index (χ1v) is 4.81. The summed E-state index contributed by atoms with van der Waals surface area (Å²) in [7, 11) is 0. The van der Waals surface area contributed by atoms with Gasteiger partial charge in [0.1, 0.15) is 0 Å². The fourth-order valence-corrected chi connectivity index (χ4v) is 1.27. The number of para-hydroxylation sites is 1. The Morgan fingerprint density at radius 2 is 1.35 bits per heavy atom. The van der Waals surface area contributed by atoms with Gasteiger partial charge < -0.3 is 0 Å². The lowest BCUT2D eigenvalue weighted by Crippen LogP contribution is -2.62. The number of halogens is 7. The summed E-state index contributed by atoms with van der Waals surface area (Å²) in [5.74, 6) is -6.59. The summed E-state index contributed by atoms with van der Waals surface area (Å²) in [5, 5.41) is 10.6. The SMILES string of the molecule is [O]C(=O)N(c1ccccc1)C(F)(F)C(F)(F)C(F)(F)F.